The van der Waals surface area contributed by atoms with Crippen LogP contribution < -0.4 is 15.4 Å². The normalized spacial score (nSPS) is 11.8. The van der Waals surface area contributed by atoms with Crippen LogP contribution in [-0.4, -0.2) is 45.2 Å². The number of nitriles is 1. The number of thiocarbonyl (C=S) groups is 1. The van der Waals surface area contributed by atoms with Gasteiger partial charge >= 0.3 is 6.18 Å². The molecule has 0 unspecified atom stereocenters. The van der Waals surface area contributed by atoms with Gasteiger partial charge in [0.1, 0.15) is 5.75 Å². The number of hydrogen-bond donors (Lipinski definition) is 2. The van der Waals surface area contributed by atoms with Gasteiger partial charge in [0.2, 0.25) is 5.91 Å². The van der Waals surface area contributed by atoms with Crippen LogP contribution >= 0.6 is 12.2 Å². The third-order valence-corrected chi connectivity index (χ3v) is 7.19. The Morgan fingerprint density at radius 3 is 2.59 bits per heavy atom. The lowest BCUT2D eigenvalue weighted by Crippen LogP contribution is -2.50. The van der Waals surface area contributed by atoms with Crippen molar-refractivity contribution in [1.29, 1.82) is 5.26 Å². The third kappa shape index (κ3) is 8.43. The summed E-state index contributed by atoms with van der Waals surface area (Å²) in [5.41, 5.74) is 2.13. The molecule has 0 spiro atoms. The molecule has 4 rings (SSSR count). The molecule has 0 bridgehead atoms. The first kappa shape index (κ1) is 32.2. The Morgan fingerprint density at radius 2 is 1.89 bits per heavy atom. The molecule has 0 saturated carbocycles. The second-order valence-corrected chi connectivity index (χ2v) is 10.4. The molecule has 0 aliphatic heterocycles. The van der Waals surface area contributed by atoms with Crippen molar-refractivity contribution in [1.82, 2.24) is 19.8 Å². The molecular weight excluding hydrogens is 589 g/mol. The summed E-state index contributed by atoms with van der Waals surface area (Å²) in [6.45, 7) is 2.34. The van der Waals surface area contributed by atoms with E-state index in [1.54, 1.807) is 69.0 Å². The molecular formula is C32H31F3N6O2S. The average Bonchev–Trinajstić information content (AvgIpc) is 3.43. The van der Waals surface area contributed by atoms with E-state index in [4.69, 9.17) is 22.2 Å². The maximum absolute atomic E-state index is 13.8. The minimum atomic E-state index is -4.48. The number of hydrogen-bond acceptors (Lipinski definition) is 6. The molecule has 1 heterocycles. The number of halogens is 3. The molecule has 0 aliphatic rings. The fraction of sp³-hybridized carbons (Fsp3) is 0.250. The van der Waals surface area contributed by atoms with Crippen LogP contribution in [0.1, 0.15) is 34.9 Å². The zero-order chi connectivity index (χ0) is 31.7. The van der Waals surface area contributed by atoms with Gasteiger partial charge in [-0.25, -0.2) is 4.98 Å². The molecule has 228 valence electrons. The number of amides is 1. The molecule has 1 amide bonds. The van der Waals surface area contributed by atoms with Crippen LogP contribution in [0.15, 0.2) is 85.3 Å². The summed E-state index contributed by atoms with van der Waals surface area (Å²) in [6, 6.07) is 21.1. The lowest BCUT2D eigenvalue weighted by Gasteiger charge is -2.30. The number of alkyl halides is 3. The first-order valence-electron chi connectivity index (χ1n) is 13.7. The van der Waals surface area contributed by atoms with Gasteiger partial charge in [-0.3, -0.25) is 9.69 Å². The Kier molecular flexibility index (Phi) is 10.7. The summed E-state index contributed by atoms with van der Waals surface area (Å²) < 4.78 is 47.6. The lowest BCUT2D eigenvalue weighted by molar-refractivity contribution is -0.138. The van der Waals surface area contributed by atoms with Crippen molar-refractivity contribution in [2.24, 2.45) is 0 Å². The second kappa shape index (κ2) is 14.6. The molecule has 0 aliphatic carbocycles. The van der Waals surface area contributed by atoms with Gasteiger partial charge in [0.25, 0.3) is 0 Å². The molecule has 0 saturated heterocycles. The molecule has 1 atom stereocenters. The number of anilines is 1. The summed E-state index contributed by atoms with van der Waals surface area (Å²) >= 11 is 5.69. The van der Waals surface area contributed by atoms with Crippen LogP contribution in [0.25, 0.3) is 0 Å². The zero-order valence-corrected chi connectivity index (χ0v) is 25.0. The molecule has 0 fully saturated rings. The van der Waals surface area contributed by atoms with E-state index < -0.39 is 17.8 Å². The number of ether oxygens (including phenoxy) is 1. The highest BCUT2D eigenvalue weighted by atomic mass is 32.1. The first-order valence-corrected chi connectivity index (χ1v) is 14.1. The van der Waals surface area contributed by atoms with Gasteiger partial charge in [-0.15, -0.1) is 0 Å². The fourth-order valence-electron chi connectivity index (χ4n) is 4.66. The molecule has 2 N–H and O–H groups in total. The predicted molar refractivity (Wildman–Crippen MR) is 165 cm³/mol. The highest BCUT2D eigenvalue weighted by Gasteiger charge is 2.33. The van der Waals surface area contributed by atoms with Crippen LogP contribution in [0.3, 0.4) is 0 Å². The second-order valence-electron chi connectivity index (χ2n) is 10.1. The first-order chi connectivity index (χ1) is 21.1. The average molecular weight is 621 g/mol. The number of rotatable bonds is 11. The minimum absolute atomic E-state index is 0.0303. The molecule has 0 radical (unpaired) electrons. The molecule has 3 aromatic carbocycles. The number of aromatic nitrogens is 2. The van der Waals surface area contributed by atoms with E-state index in [2.05, 4.69) is 21.7 Å². The van der Waals surface area contributed by atoms with Gasteiger partial charge in [-0.2, -0.15) is 18.4 Å². The SMILES string of the molecule is COc1cccc(NC(=S)N(C(=O)Cc2cncn2Cc2ccc(C#N)cc2)[C@@H](C)CNCc2ccccc2C(F)(F)F)c1. The van der Waals surface area contributed by atoms with Gasteiger partial charge in [0, 0.05) is 49.3 Å². The minimum Gasteiger partial charge on any atom is -0.497 e. The molecule has 4 aromatic rings. The predicted octanol–water partition coefficient (Wildman–Crippen LogP) is 5.78. The van der Waals surface area contributed by atoms with Crippen molar-refractivity contribution in [3.8, 4) is 11.8 Å². The number of carbonyl (C=O) groups excluding carboxylic acids is 1. The number of methoxy groups -OCH3 is 1. The van der Waals surface area contributed by atoms with Crippen molar-refractivity contribution >= 4 is 28.9 Å². The van der Waals surface area contributed by atoms with E-state index in [-0.39, 0.29) is 36.1 Å². The van der Waals surface area contributed by atoms with Gasteiger partial charge in [0.15, 0.2) is 5.11 Å². The van der Waals surface area contributed by atoms with Crippen molar-refractivity contribution in [3.63, 3.8) is 0 Å². The Bertz CT molecular complexity index is 1630. The maximum Gasteiger partial charge on any atom is 0.416 e. The zero-order valence-electron chi connectivity index (χ0n) is 24.1. The number of nitrogens with one attached hydrogen (secondary N) is 2. The highest BCUT2D eigenvalue weighted by molar-refractivity contribution is 7.80. The summed E-state index contributed by atoms with van der Waals surface area (Å²) in [7, 11) is 1.54. The van der Waals surface area contributed by atoms with Crippen LogP contribution in [0.5, 0.6) is 5.75 Å². The van der Waals surface area contributed by atoms with E-state index in [1.807, 2.05) is 16.7 Å². The quantitative estimate of drug-likeness (QED) is 0.206. The highest BCUT2D eigenvalue weighted by Crippen LogP contribution is 2.31. The summed E-state index contributed by atoms with van der Waals surface area (Å²) in [6.07, 6.45) is -1.28. The van der Waals surface area contributed by atoms with Crippen LogP contribution in [0.2, 0.25) is 0 Å². The summed E-state index contributed by atoms with van der Waals surface area (Å²) in [4.78, 5) is 19.5. The van der Waals surface area contributed by atoms with Gasteiger partial charge in [-0.05, 0) is 60.6 Å². The lowest BCUT2D eigenvalue weighted by atomic mass is 10.1. The van der Waals surface area contributed by atoms with Crippen molar-refractivity contribution in [3.05, 3.63) is 113 Å². The van der Waals surface area contributed by atoms with E-state index in [0.29, 0.717) is 29.2 Å². The fourth-order valence-corrected chi connectivity index (χ4v) is 5.06. The Balaban J connectivity index is 1.51. The van der Waals surface area contributed by atoms with E-state index in [0.717, 1.165) is 11.6 Å². The maximum atomic E-state index is 13.8. The Hall–Kier alpha value is -4.73. The number of nitrogens with zero attached hydrogens (tertiary/aromatic N) is 4. The van der Waals surface area contributed by atoms with Crippen molar-refractivity contribution in [2.45, 2.75) is 38.7 Å². The largest absolute Gasteiger partial charge is 0.497 e. The van der Waals surface area contributed by atoms with Crippen LogP contribution in [0.4, 0.5) is 18.9 Å². The number of imidazole rings is 1. The molecule has 8 nitrogen and oxygen atoms in total. The van der Waals surface area contributed by atoms with Crippen molar-refractivity contribution < 1.29 is 22.7 Å². The van der Waals surface area contributed by atoms with E-state index >= 15 is 0 Å². The number of carbonyl (C=O) groups is 1. The Labute approximate surface area is 259 Å². The van der Waals surface area contributed by atoms with Gasteiger partial charge < -0.3 is 19.9 Å². The third-order valence-electron chi connectivity index (χ3n) is 6.89. The molecule has 44 heavy (non-hydrogen) atoms. The van der Waals surface area contributed by atoms with E-state index in [1.165, 1.54) is 17.0 Å². The van der Waals surface area contributed by atoms with Crippen molar-refractivity contribution in [2.75, 3.05) is 19.0 Å². The van der Waals surface area contributed by atoms with Crippen LogP contribution in [-0.2, 0) is 30.5 Å². The van der Waals surface area contributed by atoms with Gasteiger partial charge in [-0.1, -0.05) is 36.4 Å². The van der Waals surface area contributed by atoms with Crippen LogP contribution in [0, 0.1) is 11.3 Å². The molecule has 1 aromatic heterocycles. The van der Waals surface area contributed by atoms with Gasteiger partial charge in [0.05, 0.1) is 37.1 Å². The summed E-state index contributed by atoms with van der Waals surface area (Å²) in [5.74, 6) is 0.275. The topological polar surface area (TPSA) is 95.2 Å². The number of benzene rings is 3. The summed E-state index contributed by atoms with van der Waals surface area (Å²) in [5, 5.41) is 15.3. The standard InChI is InChI=1S/C32H31F3N6O2S/c1-22(17-37-18-25-6-3-4-9-29(25)32(33,34)35)41(31(44)39-26-7-5-8-28(14-26)43-2)30(42)15-27-19-38-21-40(27)20-24-12-10-23(16-36)11-13-24/h3-14,19,21-22,37H,15,17-18,20H2,1-2H3,(H,39,44)/t22-/m0/s1. The monoisotopic (exact) mass is 620 g/mol. The smallest absolute Gasteiger partial charge is 0.416 e. The molecule has 12 heteroatoms. The van der Waals surface area contributed by atoms with E-state index in [9.17, 15) is 18.0 Å². The Morgan fingerprint density at radius 1 is 1.14 bits per heavy atom.